The smallest absolute Gasteiger partial charge is 0.146 e. The fraction of sp³-hybridized carbons (Fsp3) is 0.261. The molecule has 0 radical (unpaired) electrons. The Hall–Kier alpha value is -2.87. The zero-order chi connectivity index (χ0) is 22.7. The van der Waals surface area contributed by atoms with Crippen molar-refractivity contribution in [2.45, 2.75) is 13.5 Å². The lowest BCUT2D eigenvalue weighted by atomic mass is 10.1. The van der Waals surface area contributed by atoms with Gasteiger partial charge in [-0.1, -0.05) is 35.3 Å². The van der Waals surface area contributed by atoms with Gasteiger partial charge in [-0.2, -0.15) is 0 Å². The van der Waals surface area contributed by atoms with Crippen molar-refractivity contribution in [3.05, 3.63) is 70.5 Å². The van der Waals surface area contributed by atoms with E-state index in [0.29, 0.717) is 33.7 Å². The van der Waals surface area contributed by atoms with Gasteiger partial charge in [0.1, 0.15) is 23.7 Å². The molecule has 0 atom stereocenters. The molecule has 0 unspecified atom stereocenters. The average Bonchev–Trinajstić information content (AvgIpc) is 3.29. The van der Waals surface area contributed by atoms with E-state index in [2.05, 4.69) is 20.2 Å². The predicted molar refractivity (Wildman–Crippen MR) is 129 cm³/mol. The Kier molecular flexibility index (Phi) is 6.79. The van der Waals surface area contributed by atoms with Crippen LogP contribution < -0.4 is 10.1 Å². The molecule has 0 bridgehead atoms. The second kappa shape index (κ2) is 9.73. The number of aromatic nitrogens is 4. The fourth-order valence-electron chi connectivity index (χ4n) is 3.37. The van der Waals surface area contributed by atoms with Crippen molar-refractivity contribution in [2.75, 3.05) is 32.5 Å². The van der Waals surface area contributed by atoms with Crippen molar-refractivity contribution in [3.63, 3.8) is 0 Å². The van der Waals surface area contributed by atoms with Gasteiger partial charge in [0, 0.05) is 48.3 Å². The maximum absolute atomic E-state index is 6.60. The maximum atomic E-state index is 6.60. The van der Waals surface area contributed by atoms with Crippen LogP contribution in [0.4, 0.5) is 5.82 Å². The number of aryl methyl sites for hydroxylation is 1. The zero-order valence-electron chi connectivity index (χ0n) is 18.1. The maximum Gasteiger partial charge on any atom is 0.146 e. The van der Waals surface area contributed by atoms with Gasteiger partial charge >= 0.3 is 0 Å². The number of hydrogen-bond donors (Lipinski definition) is 1. The fourth-order valence-corrected chi connectivity index (χ4v) is 3.89. The van der Waals surface area contributed by atoms with E-state index < -0.39 is 0 Å². The van der Waals surface area contributed by atoms with Gasteiger partial charge in [-0.3, -0.25) is 0 Å². The van der Waals surface area contributed by atoms with E-state index in [1.165, 1.54) is 0 Å². The molecule has 0 amide bonds. The lowest BCUT2D eigenvalue weighted by Crippen LogP contribution is -2.21. The highest BCUT2D eigenvalue weighted by molar-refractivity contribution is 6.37. The summed E-state index contributed by atoms with van der Waals surface area (Å²) in [4.78, 5) is 15.3. The van der Waals surface area contributed by atoms with Crippen molar-refractivity contribution in [1.29, 1.82) is 0 Å². The molecule has 9 heteroatoms. The van der Waals surface area contributed by atoms with E-state index in [4.69, 9.17) is 32.9 Å². The molecule has 0 spiro atoms. The van der Waals surface area contributed by atoms with Gasteiger partial charge in [-0.15, -0.1) is 0 Å². The lowest BCUT2D eigenvalue weighted by molar-refractivity contribution is 0.309. The molecule has 32 heavy (non-hydrogen) atoms. The summed E-state index contributed by atoms with van der Waals surface area (Å²) >= 11 is 13.0. The SMILES string of the molecule is Cc1cc(-n2ccnc2)c2cccc(OCc3c(Cl)cnc(NCCN(C)C)c3Cl)c2n1. The molecule has 4 rings (SSSR count). The number of para-hydroxylation sites is 1. The van der Waals surface area contributed by atoms with Crippen LogP contribution in [0.2, 0.25) is 10.0 Å². The Morgan fingerprint density at radius 2 is 2.06 bits per heavy atom. The van der Waals surface area contributed by atoms with Crippen LogP contribution in [0.25, 0.3) is 16.6 Å². The number of halogens is 2. The molecule has 7 nitrogen and oxygen atoms in total. The van der Waals surface area contributed by atoms with Gasteiger partial charge in [0.2, 0.25) is 0 Å². The number of benzene rings is 1. The van der Waals surface area contributed by atoms with Crippen LogP contribution in [0.5, 0.6) is 5.75 Å². The average molecular weight is 471 g/mol. The molecule has 4 aromatic rings. The molecule has 0 aliphatic rings. The topological polar surface area (TPSA) is 68.1 Å². The molecule has 3 heterocycles. The van der Waals surface area contributed by atoms with Crippen molar-refractivity contribution in [2.24, 2.45) is 0 Å². The quantitative estimate of drug-likeness (QED) is 0.391. The first-order chi connectivity index (χ1) is 15.4. The Labute approximate surface area is 197 Å². The number of pyridine rings is 2. The summed E-state index contributed by atoms with van der Waals surface area (Å²) in [5.74, 6) is 1.24. The van der Waals surface area contributed by atoms with Gasteiger partial charge in [0.05, 0.1) is 22.1 Å². The number of hydrogen-bond acceptors (Lipinski definition) is 6. The summed E-state index contributed by atoms with van der Waals surface area (Å²) < 4.78 is 8.13. The van der Waals surface area contributed by atoms with Gasteiger partial charge in [0.25, 0.3) is 0 Å². The Balaban J connectivity index is 1.63. The minimum Gasteiger partial charge on any atom is -0.487 e. The number of anilines is 1. The first-order valence-electron chi connectivity index (χ1n) is 10.2. The number of nitrogens with zero attached hydrogens (tertiary/aromatic N) is 5. The second-order valence-electron chi connectivity index (χ2n) is 7.67. The third-order valence-corrected chi connectivity index (χ3v) is 5.72. The minimum absolute atomic E-state index is 0.192. The van der Waals surface area contributed by atoms with E-state index in [9.17, 15) is 0 Å². The molecule has 1 aromatic carbocycles. The number of ether oxygens (including phenoxy) is 1. The summed E-state index contributed by atoms with van der Waals surface area (Å²) in [7, 11) is 4.02. The van der Waals surface area contributed by atoms with Gasteiger partial charge in [-0.05, 0) is 33.2 Å². The molecule has 0 saturated carbocycles. The van der Waals surface area contributed by atoms with Crippen LogP contribution in [0.1, 0.15) is 11.3 Å². The van der Waals surface area contributed by atoms with Gasteiger partial charge in [0.15, 0.2) is 0 Å². The highest BCUT2D eigenvalue weighted by atomic mass is 35.5. The largest absolute Gasteiger partial charge is 0.487 e. The zero-order valence-corrected chi connectivity index (χ0v) is 19.7. The summed E-state index contributed by atoms with van der Waals surface area (Å²) in [5, 5.41) is 5.13. The van der Waals surface area contributed by atoms with Gasteiger partial charge < -0.3 is 19.5 Å². The van der Waals surface area contributed by atoms with E-state index in [1.807, 2.05) is 56.0 Å². The van der Waals surface area contributed by atoms with E-state index >= 15 is 0 Å². The normalized spacial score (nSPS) is 11.3. The molecule has 1 N–H and O–H groups in total. The van der Waals surface area contributed by atoms with E-state index in [1.54, 1.807) is 18.7 Å². The first-order valence-corrected chi connectivity index (χ1v) is 10.9. The number of imidazole rings is 1. The molecule has 3 aromatic heterocycles. The molecular weight excluding hydrogens is 447 g/mol. The molecule has 0 saturated heterocycles. The van der Waals surface area contributed by atoms with Crippen LogP contribution in [-0.4, -0.2) is 51.6 Å². The summed E-state index contributed by atoms with van der Waals surface area (Å²) in [5.41, 5.74) is 3.31. The second-order valence-corrected chi connectivity index (χ2v) is 8.46. The number of rotatable bonds is 8. The minimum atomic E-state index is 0.192. The number of likely N-dealkylation sites (N-methyl/N-ethyl adjacent to an activating group) is 1. The van der Waals surface area contributed by atoms with Crippen LogP contribution in [-0.2, 0) is 6.61 Å². The van der Waals surface area contributed by atoms with Crippen molar-refractivity contribution < 1.29 is 4.74 Å². The highest BCUT2D eigenvalue weighted by Gasteiger charge is 2.15. The van der Waals surface area contributed by atoms with Crippen molar-refractivity contribution in [3.8, 4) is 11.4 Å². The Morgan fingerprint density at radius 3 is 2.81 bits per heavy atom. The van der Waals surface area contributed by atoms with Gasteiger partial charge in [-0.25, -0.2) is 15.0 Å². The molecule has 166 valence electrons. The van der Waals surface area contributed by atoms with Crippen LogP contribution in [0, 0.1) is 6.92 Å². The number of nitrogens with one attached hydrogen (secondary N) is 1. The summed E-state index contributed by atoms with van der Waals surface area (Å²) in [6, 6.07) is 7.88. The van der Waals surface area contributed by atoms with Crippen LogP contribution in [0.15, 0.2) is 49.2 Å². The van der Waals surface area contributed by atoms with Crippen LogP contribution >= 0.6 is 23.2 Å². The molecule has 0 fully saturated rings. The predicted octanol–water partition coefficient (Wildman–Crippen LogP) is 4.98. The standard InChI is InChI=1S/C23H24Cl2N6O/c1-15-11-19(31-10-7-26-14-31)16-5-4-6-20(22(16)29-15)32-13-17-18(24)12-28-23(21(17)25)27-8-9-30(2)3/h4-7,10-12,14H,8-9,13H2,1-3H3,(H,27,28). The lowest BCUT2D eigenvalue weighted by Gasteiger charge is -2.16. The molecule has 0 aliphatic carbocycles. The molecular formula is C23H24Cl2N6O. The monoisotopic (exact) mass is 470 g/mol. The summed E-state index contributed by atoms with van der Waals surface area (Å²) in [6.45, 7) is 3.72. The third-order valence-electron chi connectivity index (χ3n) is 4.98. The Bertz CT molecular complexity index is 1230. The van der Waals surface area contributed by atoms with Crippen molar-refractivity contribution >= 4 is 39.9 Å². The highest BCUT2D eigenvalue weighted by Crippen LogP contribution is 2.33. The Morgan fingerprint density at radius 1 is 1.22 bits per heavy atom. The third kappa shape index (κ3) is 4.80. The van der Waals surface area contributed by atoms with E-state index in [-0.39, 0.29) is 6.61 Å². The first kappa shape index (κ1) is 22.3. The molecule has 0 aliphatic heterocycles. The number of fused-ring (bicyclic) bond motifs is 1. The van der Waals surface area contributed by atoms with E-state index in [0.717, 1.165) is 28.8 Å². The van der Waals surface area contributed by atoms with Crippen molar-refractivity contribution in [1.82, 2.24) is 24.4 Å². The van der Waals surface area contributed by atoms with Crippen LogP contribution in [0.3, 0.4) is 0 Å². The summed E-state index contributed by atoms with van der Waals surface area (Å²) in [6.07, 6.45) is 7.01.